The maximum absolute atomic E-state index is 13.6. The first-order valence-electron chi connectivity index (χ1n) is 13.4. The molecule has 3 aliphatic heterocycles. The predicted octanol–water partition coefficient (Wildman–Crippen LogP) is 2.97. The van der Waals surface area contributed by atoms with E-state index < -0.39 is 6.04 Å². The van der Waals surface area contributed by atoms with Crippen molar-refractivity contribution in [2.45, 2.75) is 51.4 Å². The third-order valence-electron chi connectivity index (χ3n) is 7.49. The summed E-state index contributed by atoms with van der Waals surface area (Å²) in [7, 11) is 0. The second-order valence-electron chi connectivity index (χ2n) is 10.1. The summed E-state index contributed by atoms with van der Waals surface area (Å²) >= 11 is 0. The second-order valence-corrected chi connectivity index (χ2v) is 10.1. The molecule has 3 aromatic rings. The highest BCUT2D eigenvalue weighted by Crippen LogP contribution is 2.32. The van der Waals surface area contributed by atoms with Gasteiger partial charge in [-0.25, -0.2) is 0 Å². The van der Waals surface area contributed by atoms with Gasteiger partial charge < -0.3 is 24.6 Å². The maximum atomic E-state index is 13.6. The number of hydrogen-bond donors (Lipinski definition) is 1. The average molecular weight is 530 g/mol. The summed E-state index contributed by atoms with van der Waals surface area (Å²) in [6.07, 6.45) is 3.00. The van der Waals surface area contributed by atoms with Crippen LogP contribution in [-0.2, 0) is 24.4 Å². The highest BCUT2D eigenvalue weighted by Gasteiger charge is 2.35. The van der Waals surface area contributed by atoms with Crippen LogP contribution in [0.15, 0.2) is 54.6 Å². The number of aryl methyl sites for hydroxylation is 1. The Morgan fingerprint density at radius 2 is 1.77 bits per heavy atom. The normalized spacial score (nSPS) is 18.5. The number of fused-ring (bicyclic) bond motifs is 2. The lowest BCUT2D eigenvalue weighted by Gasteiger charge is -2.34. The third kappa shape index (κ3) is 5.19. The molecule has 202 valence electrons. The maximum Gasteiger partial charge on any atom is 0.275 e. The molecule has 0 bridgehead atoms. The molecule has 10 nitrogen and oxygen atoms in total. The van der Waals surface area contributed by atoms with Gasteiger partial charge in [0.15, 0.2) is 17.2 Å². The van der Waals surface area contributed by atoms with Crippen LogP contribution in [0.2, 0.25) is 0 Å². The van der Waals surface area contributed by atoms with Crippen molar-refractivity contribution in [1.82, 2.24) is 24.9 Å². The fraction of sp³-hybridized carbons (Fsp3) is 0.379. The van der Waals surface area contributed by atoms with E-state index in [-0.39, 0.29) is 30.2 Å². The van der Waals surface area contributed by atoms with Gasteiger partial charge in [0.2, 0.25) is 12.7 Å². The molecule has 0 spiro atoms. The number of rotatable bonds is 6. The smallest absolute Gasteiger partial charge is 0.275 e. The number of ether oxygens (including phenoxy) is 2. The third-order valence-corrected chi connectivity index (χ3v) is 7.49. The van der Waals surface area contributed by atoms with E-state index in [1.807, 2.05) is 48.5 Å². The Morgan fingerprint density at radius 1 is 0.923 bits per heavy atom. The Bertz CT molecular complexity index is 1390. The van der Waals surface area contributed by atoms with Crippen LogP contribution in [0.1, 0.15) is 57.8 Å². The molecule has 2 aromatic carbocycles. The van der Waals surface area contributed by atoms with Crippen LogP contribution in [0.25, 0.3) is 0 Å². The summed E-state index contributed by atoms with van der Waals surface area (Å²) in [5.41, 5.74) is 2.55. The summed E-state index contributed by atoms with van der Waals surface area (Å²) < 4.78 is 12.4. The number of benzene rings is 2. The molecule has 1 fully saturated rings. The molecule has 6 rings (SSSR count). The Labute approximate surface area is 226 Å². The number of nitrogens with zero attached hydrogens (tertiary/aromatic N) is 4. The van der Waals surface area contributed by atoms with Gasteiger partial charge in [-0.1, -0.05) is 36.4 Å². The van der Waals surface area contributed by atoms with Crippen LogP contribution in [0.5, 0.6) is 11.5 Å². The van der Waals surface area contributed by atoms with Gasteiger partial charge in [0, 0.05) is 38.8 Å². The van der Waals surface area contributed by atoms with Crippen molar-refractivity contribution in [3.05, 3.63) is 77.1 Å². The van der Waals surface area contributed by atoms with Gasteiger partial charge in [0.25, 0.3) is 11.8 Å². The molecule has 1 saturated heterocycles. The Hall–Kier alpha value is -4.34. The summed E-state index contributed by atoms with van der Waals surface area (Å²) in [5.74, 6) is 0.689. The number of piperidine rings is 1. The van der Waals surface area contributed by atoms with Gasteiger partial charge in [-0.15, -0.1) is 0 Å². The standard InChI is InChI=1S/C29H31N5O5/c35-27(30-17-21-10-11-25-26(15-21)39-19-38-25)23-9-4-5-13-33(23)28(36)22-16-24-29(37)32(12-6-14-34(24)31-22)18-20-7-2-1-3-8-20/h1-3,7-8,10-11,15-16,23H,4-6,9,12-14,17-19H2,(H,30,35). The lowest BCUT2D eigenvalue weighted by atomic mass is 10.0. The minimum Gasteiger partial charge on any atom is -0.454 e. The summed E-state index contributed by atoms with van der Waals surface area (Å²) in [6.45, 7) is 2.66. The molecule has 1 aromatic heterocycles. The molecule has 3 amide bonds. The number of likely N-dealkylation sites (tertiary alicyclic amines) is 1. The lowest BCUT2D eigenvalue weighted by molar-refractivity contribution is -0.126. The zero-order valence-corrected chi connectivity index (χ0v) is 21.7. The fourth-order valence-electron chi connectivity index (χ4n) is 5.45. The van der Waals surface area contributed by atoms with Gasteiger partial charge in [-0.2, -0.15) is 5.10 Å². The molecule has 0 radical (unpaired) electrons. The average Bonchev–Trinajstić information content (AvgIpc) is 3.59. The molecule has 1 N–H and O–H groups in total. The van der Waals surface area contributed by atoms with E-state index in [0.717, 1.165) is 30.4 Å². The number of aromatic nitrogens is 2. The molecule has 0 saturated carbocycles. The number of hydrogen-bond acceptors (Lipinski definition) is 6. The van der Waals surface area contributed by atoms with Crippen molar-refractivity contribution in [3.63, 3.8) is 0 Å². The number of carbonyl (C=O) groups is 3. The van der Waals surface area contributed by atoms with Gasteiger partial charge >= 0.3 is 0 Å². The van der Waals surface area contributed by atoms with Crippen LogP contribution in [0.3, 0.4) is 0 Å². The van der Waals surface area contributed by atoms with Crippen molar-refractivity contribution in [2.75, 3.05) is 19.9 Å². The van der Waals surface area contributed by atoms with Crippen LogP contribution in [0, 0.1) is 0 Å². The van der Waals surface area contributed by atoms with E-state index in [4.69, 9.17) is 9.47 Å². The van der Waals surface area contributed by atoms with Crippen molar-refractivity contribution in [1.29, 1.82) is 0 Å². The number of amides is 3. The first kappa shape index (κ1) is 25.0. The number of nitrogens with one attached hydrogen (secondary N) is 1. The SMILES string of the molecule is O=C(NCc1ccc2c(c1)OCO2)C1CCCCN1C(=O)c1cc2n(n1)CCCN(Cc1ccccc1)C2=O. The monoisotopic (exact) mass is 529 g/mol. The predicted molar refractivity (Wildman–Crippen MR) is 141 cm³/mol. The van der Waals surface area contributed by atoms with E-state index >= 15 is 0 Å². The van der Waals surface area contributed by atoms with Gasteiger partial charge in [0.1, 0.15) is 11.7 Å². The van der Waals surface area contributed by atoms with Crippen LogP contribution in [-0.4, -0.2) is 63.2 Å². The molecule has 39 heavy (non-hydrogen) atoms. The molecule has 4 heterocycles. The minimum absolute atomic E-state index is 0.139. The van der Waals surface area contributed by atoms with E-state index in [1.54, 1.807) is 20.5 Å². The van der Waals surface area contributed by atoms with Crippen molar-refractivity contribution < 1.29 is 23.9 Å². The van der Waals surface area contributed by atoms with E-state index in [1.165, 1.54) is 0 Å². The van der Waals surface area contributed by atoms with Crippen molar-refractivity contribution in [2.24, 2.45) is 0 Å². The van der Waals surface area contributed by atoms with Crippen LogP contribution in [0.4, 0.5) is 0 Å². The fourth-order valence-corrected chi connectivity index (χ4v) is 5.45. The van der Waals surface area contributed by atoms with Crippen LogP contribution < -0.4 is 14.8 Å². The molecule has 0 aliphatic carbocycles. The lowest BCUT2D eigenvalue weighted by Crippen LogP contribution is -2.51. The zero-order chi connectivity index (χ0) is 26.8. The van der Waals surface area contributed by atoms with Gasteiger partial charge in [-0.3, -0.25) is 19.1 Å². The first-order chi connectivity index (χ1) is 19.1. The van der Waals surface area contributed by atoms with Crippen molar-refractivity contribution in [3.8, 4) is 11.5 Å². The largest absolute Gasteiger partial charge is 0.454 e. The summed E-state index contributed by atoms with van der Waals surface area (Å²) in [6, 6.07) is 16.4. The Balaban J connectivity index is 1.15. The minimum atomic E-state index is -0.591. The molecule has 1 atom stereocenters. The molecule has 10 heteroatoms. The van der Waals surface area contributed by atoms with Gasteiger partial charge in [-0.05, 0) is 48.9 Å². The van der Waals surface area contributed by atoms with Crippen molar-refractivity contribution >= 4 is 17.7 Å². The zero-order valence-electron chi connectivity index (χ0n) is 21.7. The highest BCUT2D eigenvalue weighted by atomic mass is 16.7. The molecular formula is C29H31N5O5. The topological polar surface area (TPSA) is 106 Å². The van der Waals surface area contributed by atoms with E-state index in [2.05, 4.69) is 10.4 Å². The van der Waals surface area contributed by atoms with E-state index in [0.29, 0.717) is 56.3 Å². The van der Waals surface area contributed by atoms with Gasteiger partial charge in [0.05, 0.1) is 0 Å². The highest BCUT2D eigenvalue weighted by molar-refractivity contribution is 5.99. The Kier molecular flexibility index (Phi) is 6.91. The second kappa shape index (κ2) is 10.8. The van der Waals surface area contributed by atoms with E-state index in [9.17, 15) is 14.4 Å². The summed E-state index contributed by atoms with van der Waals surface area (Å²) in [4.78, 5) is 43.6. The number of carbonyl (C=O) groups excluding carboxylic acids is 3. The van der Waals surface area contributed by atoms with Crippen LogP contribution >= 0.6 is 0 Å². The Morgan fingerprint density at radius 3 is 2.64 bits per heavy atom. The summed E-state index contributed by atoms with van der Waals surface area (Å²) in [5, 5.41) is 7.49. The first-order valence-corrected chi connectivity index (χ1v) is 13.4. The molecular weight excluding hydrogens is 498 g/mol. The molecule has 1 unspecified atom stereocenters. The quantitative estimate of drug-likeness (QED) is 0.526. The molecule has 3 aliphatic rings.